The largest absolute Gasteiger partial charge is 0.493 e. The molecule has 1 aliphatic heterocycles. The molecule has 2 aromatic carbocycles. The van der Waals surface area contributed by atoms with Gasteiger partial charge in [0.05, 0.1) is 30.4 Å². The predicted octanol–water partition coefficient (Wildman–Crippen LogP) is 4.37. The van der Waals surface area contributed by atoms with Crippen molar-refractivity contribution in [3.05, 3.63) is 58.6 Å². The fourth-order valence-electron chi connectivity index (χ4n) is 3.54. The standard InChI is InChI=1S/C24H26ClN3O3/c1-3-31-24-21(25)15-19(16-22(24)30-2)7-10-23(29)28-12-4-11-27(13-14-28)20-8-5-18(17-26)6-9-20/h5-10,15-16H,3-4,11-14H2,1-2H3/b10-7+. The molecule has 0 aromatic heterocycles. The minimum absolute atomic E-state index is 0.0364. The van der Waals surface area contributed by atoms with Gasteiger partial charge in [0.25, 0.3) is 0 Å². The van der Waals surface area contributed by atoms with E-state index < -0.39 is 0 Å². The summed E-state index contributed by atoms with van der Waals surface area (Å²) in [6.45, 7) is 5.31. The summed E-state index contributed by atoms with van der Waals surface area (Å²) in [5.41, 5.74) is 2.49. The van der Waals surface area contributed by atoms with Crippen molar-refractivity contribution in [2.45, 2.75) is 13.3 Å². The van der Waals surface area contributed by atoms with Crippen molar-refractivity contribution in [3.8, 4) is 17.6 Å². The Kier molecular flexibility index (Phi) is 7.80. The fourth-order valence-corrected chi connectivity index (χ4v) is 3.81. The summed E-state index contributed by atoms with van der Waals surface area (Å²) in [5.74, 6) is 1.01. The summed E-state index contributed by atoms with van der Waals surface area (Å²) in [6, 6.07) is 13.3. The van der Waals surface area contributed by atoms with E-state index in [-0.39, 0.29) is 5.91 Å². The minimum Gasteiger partial charge on any atom is -0.493 e. The molecule has 1 fully saturated rings. The molecule has 1 saturated heterocycles. The molecule has 0 radical (unpaired) electrons. The number of anilines is 1. The minimum atomic E-state index is -0.0364. The molecule has 1 heterocycles. The normalized spacial score (nSPS) is 14.3. The highest BCUT2D eigenvalue weighted by Gasteiger charge is 2.18. The second-order valence-corrected chi connectivity index (χ2v) is 7.53. The maximum absolute atomic E-state index is 12.8. The first kappa shape index (κ1) is 22.5. The zero-order valence-electron chi connectivity index (χ0n) is 17.8. The van der Waals surface area contributed by atoms with Crippen LogP contribution in [0.2, 0.25) is 5.02 Å². The Bertz CT molecular complexity index is 983. The Morgan fingerprint density at radius 1 is 1.19 bits per heavy atom. The van der Waals surface area contributed by atoms with Crippen LogP contribution in [0, 0.1) is 11.3 Å². The van der Waals surface area contributed by atoms with E-state index in [0.717, 1.165) is 30.8 Å². The first-order chi connectivity index (χ1) is 15.0. The summed E-state index contributed by atoms with van der Waals surface area (Å²) in [4.78, 5) is 16.9. The van der Waals surface area contributed by atoms with Gasteiger partial charge in [0, 0.05) is 37.9 Å². The van der Waals surface area contributed by atoms with Crippen LogP contribution in [-0.2, 0) is 4.79 Å². The molecular formula is C24H26ClN3O3. The monoisotopic (exact) mass is 439 g/mol. The summed E-state index contributed by atoms with van der Waals surface area (Å²) < 4.78 is 10.9. The third-order valence-electron chi connectivity index (χ3n) is 5.13. The van der Waals surface area contributed by atoms with E-state index in [1.54, 1.807) is 31.4 Å². The molecule has 0 bridgehead atoms. The van der Waals surface area contributed by atoms with Crippen LogP contribution >= 0.6 is 11.6 Å². The smallest absolute Gasteiger partial charge is 0.246 e. The highest BCUT2D eigenvalue weighted by molar-refractivity contribution is 6.32. The lowest BCUT2D eigenvalue weighted by molar-refractivity contribution is -0.125. The average Bonchev–Trinajstić information content (AvgIpc) is 3.05. The van der Waals surface area contributed by atoms with Gasteiger partial charge >= 0.3 is 0 Å². The molecule has 0 aliphatic carbocycles. The number of hydrogen-bond donors (Lipinski definition) is 0. The number of halogens is 1. The molecule has 0 unspecified atom stereocenters. The van der Waals surface area contributed by atoms with Crippen molar-refractivity contribution in [1.82, 2.24) is 4.90 Å². The third-order valence-corrected chi connectivity index (χ3v) is 5.41. The van der Waals surface area contributed by atoms with E-state index in [2.05, 4.69) is 11.0 Å². The zero-order valence-corrected chi connectivity index (χ0v) is 18.6. The van der Waals surface area contributed by atoms with E-state index in [4.69, 9.17) is 26.3 Å². The van der Waals surface area contributed by atoms with Gasteiger partial charge in [-0.25, -0.2) is 0 Å². The first-order valence-electron chi connectivity index (χ1n) is 10.3. The molecule has 0 saturated carbocycles. The van der Waals surface area contributed by atoms with Gasteiger partial charge in [-0.05, 0) is 61.4 Å². The van der Waals surface area contributed by atoms with Crippen molar-refractivity contribution in [2.75, 3.05) is 44.8 Å². The topological polar surface area (TPSA) is 65.8 Å². The van der Waals surface area contributed by atoms with Gasteiger partial charge in [0.2, 0.25) is 5.91 Å². The molecule has 2 aromatic rings. The van der Waals surface area contributed by atoms with Crippen LogP contribution in [0.4, 0.5) is 5.69 Å². The van der Waals surface area contributed by atoms with Crippen LogP contribution in [0.25, 0.3) is 6.08 Å². The molecule has 6 nitrogen and oxygen atoms in total. The first-order valence-corrected chi connectivity index (χ1v) is 10.7. The van der Waals surface area contributed by atoms with Gasteiger partial charge in [-0.2, -0.15) is 5.26 Å². The van der Waals surface area contributed by atoms with Gasteiger partial charge in [-0.1, -0.05) is 11.6 Å². The fraction of sp³-hybridized carbons (Fsp3) is 0.333. The van der Waals surface area contributed by atoms with Crippen LogP contribution in [0.3, 0.4) is 0 Å². The molecular weight excluding hydrogens is 414 g/mol. The molecule has 162 valence electrons. The maximum atomic E-state index is 12.8. The maximum Gasteiger partial charge on any atom is 0.246 e. The summed E-state index contributed by atoms with van der Waals surface area (Å²) >= 11 is 6.31. The number of rotatable bonds is 6. The number of methoxy groups -OCH3 is 1. The number of nitrogens with zero attached hydrogens (tertiary/aromatic N) is 3. The lowest BCUT2D eigenvalue weighted by Gasteiger charge is -2.23. The van der Waals surface area contributed by atoms with Crippen molar-refractivity contribution in [3.63, 3.8) is 0 Å². The molecule has 7 heteroatoms. The second kappa shape index (κ2) is 10.7. The van der Waals surface area contributed by atoms with E-state index >= 15 is 0 Å². The highest BCUT2D eigenvalue weighted by atomic mass is 35.5. The van der Waals surface area contributed by atoms with E-state index in [0.29, 0.717) is 41.8 Å². The number of amides is 1. The molecule has 31 heavy (non-hydrogen) atoms. The number of nitriles is 1. The van der Waals surface area contributed by atoms with Crippen molar-refractivity contribution in [1.29, 1.82) is 5.26 Å². The van der Waals surface area contributed by atoms with Gasteiger partial charge < -0.3 is 19.3 Å². The summed E-state index contributed by atoms with van der Waals surface area (Å²) in [6.07, 6.45) is 4.20. The number of carbonyl (C=O) groups is 1. The molecule has 1 amide bonds. The van der Waals surface area contributed by atoms with Gasteiger partial charge in [0.15, 0.2) is 11.5 Å². The van der Waals surface area contributed by atoms with Crippen molar-refractivity contribution < 1.29 is 14.3 Å². The van der Waals surface area contributed by atoms with E-state index in [1.807, 2.05) is 36.1 Å². The Hall–Kier alpha value is -3.17. The van der Waals surface area contributed by atoms with Crippen LogP contribution in [-0.4, -0.2) is 50.7 Å². The molecule has 0 atom stereocenters. The third kappa shape index (κ3) is 5.71. The quantitative estimate of drug-likeness (QED) is 0.625. The van der Waals surface area contributed by atoms with Crippen molar-refractivity contribution in [2.24, 2.45) is 0 Å². The van der Waals surface area contributed by atoms with Gasteiger partial charge in [-0.3, -0.25) is 4.79 Å². The number of carbonyl (C=O) groups excluding carboxylic acids is 1. The van der Waals surface area contributed by atoms with Crippen LogP contribution < -0.4 is 14.4 Å². The molecule has 3 rings (SSSR count). The Balaban J connectivity index is 1.65. The lowest BCUT2D eigenvalue weighted by atomic mass is 10.1. The lowest BCUT2D eigenvalue weighted by Crippen LogP contribution is -2.34. The Morgan fingerprint density at radius 3 is 2.65 bits per heavy atom. The second-order valence-electron chi connectivity index (χ2n) is 7.13. The predicted molar refractivity (Wildman–Crippen MR) is 123 cm³/mol. The number of hydrogen-bond acceptors (Lipinski definition) is 5. The SMILES string of the molecule is CCOc1c(Cl)cc(/C=C/C(=O)N2CCCN(c3ccc(C#N)cc3)CC2)cc1OC. The van der Waals surface area contributed by atoms with Crippen LogP contribution in [0.5, 0.6) is 11.5 Å². The Morgan fingerprint density at radius 2 is 1.97 bits per heavy atom. The van der Waals surface area contributed by atoms with Gasteiger partial charge in [0.1, 0.15) is 0 Å². The Labute approximate surface area is 188 Å². The van der Waals surface area contributed by atoms with Gasteiger partial charge in [-0.15, -0.1) is 0 Å². The average molecular weight is 440 g/mol. The van der Waals surface area contributed by atoms with Crippen LogP contribution in [0.1, 0.15) is 24.5 Å². The van der Waals surface area contributed by atoms with E-state index in [9.17, 15) is 4.79 Å². The van der Waals surface area contributed by atoms with E-state index in [1.165, 1.54) is 0 Å². The van der Waals surface area contributed by atoms with Crippen LogP contribution in [0.15, 0.2) is 42.5 Å². The summed E-state index contributed by atoms with van der Waals surface area (Å²) in [7, 11) is 1.56. The molecule has 0 spiro atoms. The van der Waals surface area contributed by atoms with Crippen molar-refractivity contribution >= 4 is 29.3 Å². The number of ether oxygens (including phenoxy) is 2. The molecule has 0 N–H and O–H groups in total. The zero-order chi connectivity index (χ0) is 22.2. The highest BCUT2D eigenvalue weighted by Crippen LogP contribution is 2.36. The summed E-state index contributed by atoms with van der Waals surface area (Å²) in [5, 5.41) is 9.41. The number of benzene rings is 2. The molecule has 1 aliphatic rings.